The van der Waals surface area contributed by atoms with Crippen molar-refractivity contribution in [1.29, 1.82) is 0 Å². The SMILES string of the molecule is N[C@H]1CCc2cc(C(=O)N3CCCC(c4ccccc4)C3C(=O)Nc3ccc(C(=O)O)cc3)ccc21. The van der Waals surface area contributed by atoms with E-state index in [2.05, 4.69) is 5.32 Å². The Hall–Kier alpha value is -3.97. The summed E-state index contributed by atoms with van der Waals surface area (Å²) in [5.41, 5.74) is 10.6. The fraction of sp³-hybridized carbons (Fsp3) is 0.276. The molecular formula is C29H29N3O4. The molecule has 1 aliphatic carbocycles. The van der Waals surface area contributed by atoms with E-state index >= 15 is 0 Å². The Bertz CT molecular complexity index is 1290. The Labute approximate surface area is 209 Å². The molecule has 4 N–H and O–H groups in total. The number of amides is 2. The van der Waals surface area contributed by atoms with Crippen molar-refractivity contribution in [2.45, 2.75) is 43.7 Å². The van der Waals surface area contributed by atoms with E-state index in [0.29, 0.717) is 17.8 Å². The lowest BCUT2D eigenvalue weighted by atomic mass is 9.82. The van der Waals surface area contributed by atoms with E-state index in [1.807, 2.05) is 48.5 Å². The van der Waals surface area contributed by atoms with Gasteiger partial charge in [0, 0.05) is 29.8 Å². The van der Waals surface area contributed by atoms with Crippen molar-refractivity contribution in [3.05, 3.63) is 101 Å². The molecular weight excluding hydrogens is 454 g/mol. The molecule has 3 aromatic carbocycles. The van der Waals surface area contributed by atoms with E-state index in [-0.39, 0.29) is 29.3 Å². The number of carboxylic acids is 1. The van der Waals surface area contributed by atoms with E-state index in [1.54, 1.807) is 17.0 Å². The predicted molar refractivity (Wildman–Crippen MR) is 137 cm³/mol. The van der Waals surface area contributed by atoms with Crippen LogP contribution in [0, 0.1) is 0 Å². The molecule has 0 saturated carbocycles. The van der Waals surface area contributed by atoms with Crippen LogP contribution in [0.2, 0.25) is 0 Å². The number of rotatable bonds is 5. The number of hydrogen-bond donors (Lipinski definition) is 3. The maximum atomic E-state index is 13.8. The molecule has 0 spiro atoms. The summed E-state index contributed by atoms with van der Waals surface area (Å²) in [6.45, 7) is 0.481. The van der Waals surface area contributed by atoms with Gasteiger partial charge in [-0.2, -0.15) is 0 Å². The smallest absolute Gasteiger partial charge is 0.335 e. The number of carbonyl (C=O) groups is 3. The van der Waals surface area contributed by atoms with E-state index in [0.717, 1.165) is 42.4 Å². The third-order valence-electron chi connectivity index (χ3n) is 7.30. The normalized spacial score (nSPS) is 21.0. The molecule has 0 radical (unpaired) electrons. The highest BCUT2D eigenvalue weighted by atomic mass is 16.4. The minimum absolute atomic E-state index is 0.00708. The van der Waals surface area contributed by atoms with Crippen molar-refractivity contribution in [2.75, 3.05) is 11.9 Å². The first-order valence-corrected chi connectivity index (χ1v) is 12.3. The first kappa shape index (κ1) is 23.8. The van der Waals surface area contributed by atoms with Gasteiger partial charge in [0.05, 0.1) is 5.56 Å². The lowest BCUT2D eigenvalue weighted by molar-refractivity contribution is -0.122. The average molecular weight is 484 g/mol. The van der Waals surface area contributed by atoms with Crippen LogP contribution in [0.15, 0.2) is 72.8 Å². The summed E-state index contributed by atoms with van der Waals surface area (Å²) in [5, 5.41) is 12.1. The van der Waals surface area contributed by atoms with Gasteiger partial charge in [-0.15, -0.1) is 0 Å². The van der Waals surface area contributed by atoms with Crippen LogP contribution in [-0.4, -0.2) is 40.4 Å². The molecule has 7 nitrogen and oxygen atoms in total. The van der Waals surface area contributed by atoms with Crippen LogP contribution in [0.3, 0.4) is 0 Å². The standard InChI is InChI=1S/C29H29N3O4/c30-25-15-11-20-17-21(10-14-23(20)25)28(34)32-16-4-7-24(18-5-2-1-3-6-18)26(32)27(33)31-22-12-8-19(9-13-22)29(35)36/h1-3,5-6,8-10,12-14,17,24-26H,4,7,11,15-16,30H2,(H,31,33)(H,35,36)/t24?,25-,26?/m0/s1. The molecule has 2 unspecified atom stereocenters. The third kappa shape index (κ3) is 4.62. The fourth-order valence-electron chi connectivity index (χ4n) is 5.46. The summed E-state index contributed by atoms with van der Waals surface area (Å²) in [4.78, 5) is 40.4. The monoisotopic (exact) mass is 483 g/mol. The van der Waals surface area contributed by atoms with Crippen molar-refractivity contribution < 1.29 is 19.5 Å². The summed E-state index contributed by atoms with van der Waals surface area (Å²) in [7, 11) is 0. The molecule has 3 atom stereocenters. The lowest BCUT2D eigenvalue weighted by Gasteiger charge is -2.40. The zero-order valence-electron chi connectivity index (χ0n) is 19.9. The summed E-state index contributed by atoms with van der Waals surface area (Å²) in [6.07, 6.45) is 3.29. The summed E-state index contributed by atoms with van der Waals surface area (Å²) in [6, 6.07) is 20.8. The lowest BCUT2D eigenvalue weighted by Crippen LogP contribution is -2.53. The highest BCUT2D eigenvalue weighted by Crippen LogP contribution is 2.35. The molecule has 0 aromatic heterocycles. The molecule has 184 valence electrons. The van der Waals surface area contributed by atoms with Crippen molar-refractivity contribution in [3.63, 3.8) is 0 Å². The molecule has 1 fully saturated rings. The van der Waals surface area contributed by atoms with Gasteiger partial charge in [-0.3, -0.25) is 9.59 Å². The summed E-state index contributed by atoms with van der Waals surface area (Å²) < 4.78 is 0. The van der Waals surface area contributed by atoms with Crippen molar-refractivity contribution in [2.24, 2.45) is 5.73 Å². The van der Waals surface area contributed by atoms with Gasteiger partial charge < -0.3 is 21.1 Å². The zero-order valence-corrected chi connectivity index (χ0v) is 19.9. The number of aromatic carboxylic acids is 1. The maximum Gasteiger partial charge on any atom is 0.335 e. The van der Waals surface area contributed by atoms with Crippen LogP contribution < -0.4 is 11.1 Å². The number of nitrogens with two attached hydrogens (primary N) is 1. The number of aryl methyl sites for hydroxylation is 1. The van der Waals surface area contributed by atoms with Crippen LogP contribution in [0.5, 0.6) is 0 Å². The van der Waals surface area contributed by atoms with Crippen LogP contribution >= 0.6 is 0 Å². The first-order valence-electron chi connectivity index (χ1n) is 12.3. The second-order valence-corrected chi connectivity index (χ2v) is 9.53. The Morgan fingerprint density at radius 2 is 1.64 bits per heavy atom. The Kier molecular flexibility index (Phi) is 6.57. The number of anilines is 1. The number of hydrogen-bond acceptors (Lipinski definition) is 4. The van der Waals surface area contributed by atoms with Gasteiger partial charge in [0.1, 0.15) is 6.04 Å². The second-order valence-electron chi connectivity index (χ2n) is 9.53. The largest absolute Gasteiger partial charge is 0.478 e. The first-order chi connectivity index (χ1) is 17.4. The number of piperidine rings is 1. The minimum atomic E-state index is -1.03. The van der Waals surface area contributed by atoms with Gasteiger partial charge in [-0.1, -0.05) is 36.4 Å². The van der Waals surface area contributed by atoms with Crippen LogP contribution in [0.25, 0.3) is 0 Å². The molecule has 2 amide bonds. The number of nitrogens with one attached hydrogen (secondary N) is 1. The van der Waals surface area contributed by atoms with Crippen molar-refractivity contribution in [1.82, 2.24) is 4.90 Å². The Morgan fingerprint density at radius 1 is 0.917 bits per heavy atom. The quantitative estimate of drug-likeness (QED) is 0.499. The van der Waals surface area contributed by atoms with Gasteiger partial charge in [0.15, 0.2) is 0 Å². The number of carboxylic acid groups (broad SMARTS) is 1. The predicted octanol–water partition coefficient (Wildman–Crippen LogP) is 4.36. The number of nitrogens with zero attached hydrogens (tertiary/aromatic N) is 1. The minimum Gasteiger partial charge on any atom is -0.478 e. The third-order valence-corrected chi connectivity index (χ3v) is 7.30. The van der Waals surface area contributed by atoms with Gasteiger partial charge in [0.25, 0.3) is 5.91 Å². The molecule has 2 aliphatic rings. The van der Waals surface area contributed by atoms with Crippen LogP contribution in [0.4, 0.5) is 5.69 Å². The maximum absolute atomic E-state index is 13.8. The molecule has 3 aromatic rings. The molecule has 1 saturated heterocycles. The molecule has 0 bridgehead atoms. The summed E-state index contributed by atoms with van der Waals surface area (Å²) >= 11 is 0. The number of fused-ring (bicyclic) bond motifs is 1. The average Bonchev–Trinajstić information content (AvgIpc) is 3.28. The molecule has 7 heteroatoms. The van der Waals surface area contributed by atoms with E-state index in [1.165, 1.54) is 12.1 Å². The molecule has 36 heavy (non-hydrogen) atoms. The van der Waals surface area contributed by atoms with Gasteiger partial charge >= 0.3 is 5.97 Å². The van der Waals surface area contributed by atoms with Crippen molar-refractivity contribution in [3.8, 4) is 0 Å². The summed E-state index contributed by atoms with van der Waals surface area (Å²) in [5.74, 6) is -1.65. The number of likely N-dealkylation sites (tertiary alicyclic amines) is 1. The number of benzene rings is 3. The van der Waals surface area contributed by atoms with E-state index in [9.17, 15) is 14.4 Å². The fourth-order valence-corrected chi connectivity index (χ4v) is 5.46. The van der Waals surface area contributed by atoms with Gasteiger partial charge in [-0.25, -0.2) is 4.79 Å². The van der Waals surface area contributed by atoms with E-state index < -0.39 is 12.0 Å². The van der Waals surface area contributed by atoms with Gasteiger partial charge in [-0.05, 0) is 78.8 Å². The number of carbonyl (C=O) groups excluding carboxylic acids is 2. The van der Waals surface area contributed by atoms with Crippen molar-refractivity contribution >= 4 is 23.5 Å². The zero-order chi connectivity index (χ0) is 25.2. The Balaban J connectivity index is 1.46. The highest BCUT2D eigenvalue weighted by Gasteiger charge is 2.40. The molecule has 1 heterocycles. The topological polar surface area (TPSA) is 113 Å². The van der Waals surface area contributed by atoms with E-state index in [4.69, 9.17) is 10.8 Å². The van der Waals surface area contributed by atoms with Gasteiger partial charge in [0.2, 0.25) is 5.91 Å². The Morgan fingerprint density at radius 3 is 2.36 bits per heavy atom. The highest BCUT2D eigenvalue weighted by molar-refractivity contribution is 6.02. The van der Waals surface area contributed by atoms with Crippen LogP contribution in [0.1, 0.15) is 68.6 Å². The second kappa shape index (κ2) is 9.95. The molecule has 5 rings (SSSR count). The van der Waals surface area contributed by atoms with Crippen LogP contribution in [-0.2, 0) is 11.2 Å². The molecule has 1 aliphatic heterocycles.